The van der Waals surface area contributed by atoms with Crippen molar-refractivity contribution in [3.8, 4) is 11.5 Å². The summed E-state index contributed by atoms with van der Waals surface area (Å²) in [6.45, 7) is -1.21. The van der Waals surface area contributed by atoms with Crippen LogP contribution in [-0.4, -0.2) is 137 Å². The number of phenols is 2. The molecule has 6 rings (SSSR count). The molecule has 78 heavy (non-hydrogen) atoms. The fourth-order valence-electron chi connectivity index (χ4n) is 6.29. The number of nitrogens with one attached hydrogen (secondary N) is 2. The maximum atomic E-state index is 13.0. The molecule has 0 radical (unpaired) electrons. The Labute approximate surface area is 441 Å². The van der Waals surface area contributed by atoms with Crippen molar-refractivity contribution in [2.45, 2.75) is 34.3 Å². The minimum Gasteiger partial charge on any atom is -0.505 e. The van der Waals surface area contributed by atoms with Crippen LogP contribution in [0.25, 0.3) is 10.8 Å². The highest BCUT2D eigenvalue weighted by atomic mass is 35.5. The average molecular weight is 1270 g/mol. The third-order valence-corrected chi connectivity index (χ3v) is 17.1. The standard InChI is InChI=1S/C33H27ClN10O26S8/c34-31-38-32(40-33(39-31)37-19-11-16(12-24(29(19)45)77(64,65)66)71(47,48)6-5-70-78(67,68)69)36-14-1-3-20(73(52,53)54)17(9-14)41-43-27-22(75(58,59)60)7-13-8-23(76(61,62)63)28(30(46)25(13)26(27)35)44-42-18-10-15(72(49,50)51)2-4-21(18)74(55,56)57/h1-4,7-12,45-46H,5-6,35H2,(H,49,50,51)(H,52,53,54)(H,55,56,57)(H,58,59,60)(H,61,62,63)(H,64,65,66)(H,67,68,69)(H2,36,37,38,39,40)/b43-41+,44-42+. The molecule has 0 spiro atoms. The lowest BCUT2D eigenvalue weighted by Gasteiger charge is -2.14. The number of aromatic nitrogens is 3. The Morgan fingerprint density at radius 3 is 1.51 bits per heavy atom. The van der Waals surface area contributed by atoms with Crippen LogP contribution in [0.15, 0.2) is 115 Å². The Morgan fingerprint density at radius 1 is 0.513 bits per heavy atom. The number of anilines is 5. The molecule has 0 amide bonds. The lowest BCUT2D eigenvalue weighted by molar-refractivity contribution is 0.283. The zero-order valence-electron chi connectivity index (χ0n) is 37.0. The molecule has 420 valence electrons. The van der Waals surface area contributed by atoms with Crippen LogP contribution in [0.1, 0.15) is 0 Å². The number of azo groups is 2. The Kier molecular flexibility index (Phi) is 16.3. The lowest BCUT2D eigenvalue weighted by Crippen LogP contribution is -2.16. The van der Waals surface area contributed by atoms with Crippen LogP contribution in [0, 0.1) is 0 Å². The molecule has 6 aromatic rings. The van der Waals surface area contributed by atoms with Gasteiger partial charge in [-0.1, -0.05) is 0 Å². The largest absolute Gasteiger partial charge is 0.505 e. The zero-order valence-corrected chi connectivity index (χ0v) is 44.3. The van der Waals surface area contributed by atoms with Gasteiger partial charge in [-0.25, -0.2) is 12.6 Å². The molecule has 0 aliphatic heterocycles. The number of phenolic OH excluding ortho intramolecular Hbond substituents is 2. The van der Waals surface area contributed by atoms with Gasteiger partial charge in [-0.2, -0.15) is 73.9 Å². The normalized spacial score (nSPS) is 13.4. The van der Waals surface area contributed by atoms with Crippen molar-refractivity contribution in [3.05, 3.63) is 65.9 Å². The highest BCUT2D eigenvalue weighted by Gasteiger charge is 2.30. The summed E-state index contributed by atoms with van der Waals surface area (Å²) >= 11 is 6.03. The molecule has 0 saturated carbocycles. The molecular formula is C33H27ClN10O26S8. The van der Waals surface area contributed by atoms with Gasteiger partial charge in [0, 0.05) is 5.69 Å². The number of nitrogen functional groups attached to an aromatic ring is 1. The number of benzene rings is 5. The molecule has 5 aromatic carbocycles. The second kappa shape index (κ2) is 21.1. The summed E-state index contributed by atoms with van der Waals surface area (Å²) in [4.78, 5) is 2.58. The zero-order chi connectivity index (χ0) is 58.7. The summed E-state index contributed by atoms with van der Waals surface area (Å²) in [7, 11) is -42.5. The number of nitrogens with zero attached hydrogens (tertiary/aromatic N) is 7. The van der Waals surface area contributed by atoms with Crippen LogP contribution in [0.5, 0.6) is 11.5 Å². The van der Waals surface area contributed by atoms with Crippen molar-refractivity contribution in [3.63, 3.8) is 0 Å². The van der Waals surface area contributed by atoms with Crippen LogP contribution in [0.2, 0.25) is 5.28 Å². The first kappa shape index (κ1) is 60.4. The van der Waals surface area contributed by atoms with Gasteiger partial charge in [-0.15, -0.1) is 20.5 Å². The van der Waals surface area contributed by atoms with Gasteiger partial charge in [0.25, 0.3) is 60.7 Å². The second-order valence-corrected chi connectivity index (χ2v) is 26.7. The first-order valence-electron chi connectivity index (χ1n) is 19.2. The maximum Gasteiger partial charge on any atom is 0.397 e. The number of fused-ring (bicyclic) bond motifs is 1. The van der Waals surface area contributed by atoms with Gasteiger partial charge >= 0.3 is 10.4 Å². The van der Waals surface area contributed by atoms with Gasteiger partial charge in [-0.3, -0.25) is 31.9 Å². The highest BCUT2D eigenvalue weighted by molar-refractivity contribution is 7.91. The Bertz CT molecular complexity index is 4570. The van der Waals surface area contributed by atoms with Crippen molar-refractivity contribution in [1.82, 2.24) is 15.0 Å². The second-order valence-electron chi connectivity index (χ2n) is 14.8. The Morgan fingerprint density at radius 2 is 1.00 bits per heavy atom. The molecule has 1 aromatic heterocycles. The Hall–Kier alpha value is -6.86. The number of rotatable bonds is 19. The lowest BCUT2D eigenvalue weighted by atomic mass is 10.1. The van der Waals surface area contributed by atoms with Crippen LogP contribution in [0.4, 0.5) is 51.7 Å². The third-order valence-electron chi connectivity index (χ3n) is 9.51. The van der Waals surface area contributed by atoms with E-state index in [9.17, 15) is 105 Å². The molecule has 0 saturated heterocycles. The van der Waals surface area contributed by atoms with Crippen molar-refractivity contribution < 1.29 is 114 Å². The van der Waals surface area contributed by atoms with E-state index < -0.39 is 201 Å². The van der Waals surface area contributed by atoms with E-state index in [1.54, 1.807) is 0 Å². The summed E-state index contributed by atoms with van der Waals surface area (Å²) in [5.41, 5.74) is -0.912. The monoisotopic (exact) mass is 1270 g/mol. The molecule has 13 N–H and O–H groups in total. The number of hydrogen-bond acceptors (Lipinski definition) is 29. The molecule has 0 bridgehead atoms. The van der Waals surface area contributed by atoms with E-state index in [4.69, 9.17) is 21.9 Å². The van der Waals surface area contributed by atoms with Gasteiger partial charge in [0.1, 0.15) is 47.2 Å². The van der Waals surface area contributed by atoms with Crippen molar-refractivity contribution >= 4 is 155 Å². The SMILES string of the molecule is Nc1c(/N=N/c2cc(Nc3nc(Cl)nc(Nc4cc(S(=O)(=O)CCOS(=O)(=O)O)cc(S(=O)(=O)O)c4O)n3)ccc2S(=O)(=O)O)c(S(=O)(=O)O)cc2cc(S(=O)(=O)O)c(/N=N/c3cc(S(=O)(=O)O)ccc3S(=O)(=O)O)c(O)c12. The summed E-state index contributed by atoms with van der Waals surface area (Å²) in [6.07, 6.45) is 0. The maximum absolute atomic E-state index is 13.0. The molecular weight excluding hydrogens is 1240 g/mol. The predicted octanol–water partition coefficient (Wildman–Crippen LogP) is 3.06. The molecule has 0 fully saturated rings. The number of sulfone groups is 1. The number of hydrogen-bond donors (Lipinski definition) is 12. The van der Waals surface area contributed by atoms with E-state index in [1.165, 1.54) is 0 Å². The first-order chi connectivity index (χ1) is 35.5. The molecule has 0 atom stereocenters. The van der Waals surface area contributed by atoms with Crippen LogP contribution >= 0.6 is 11.6 Å². The molecule has 0 unspecified atom stereocenters. The van der Waals surface area contributed by atoms with E-state index in [0.29, 0.717) is 48.5 Å². The van der Waals surface area contributed by atoms with Gasteiger partial charge in [0.05, 0.1) is 38.9 Å². The topological polar surface area (TPSA) is 603 Å². The van der Waals surface area contributed by atoms with E-state index in [2.05, 4.69) is 50.2 Å². The minimum atomic E-state index is -5.63. The molecule has 0 aliphatic carbocycles. The van der Waals surface area contributed by atoms with Gasteiger partial charge < -0.3 is 26.6 Å². The van der Waals surface area contributed by atoms with Crippen molar-refractivity contribution in [2.75, 3.05) is 28.7 Å². The van der Waals surface area contributed by atoms with Crippen molar-refractivity contribution in [2.24, 2.45) is 20.5 Å². The fraction of sp³-hybridized carbons (Fsp3) is 0.0606. The molecule has 0 aliphatic rings. The number of nitrogens with two attached hydrogens (primary N) is 1. The number of halogens is 1. The summed E-state index contributed by atoms with van der Waals surface area (Å²) < 4.78 is 267. The van der Waals surface area contributed by atoms with E-state index >= 15 is 0 Å². The number of aromatic hydroxyl groups is 2. The first-order valence-corrected chi connectivity index (χ1v) is 31.2. The van der Waals surface area contributed by atoms with Crippen LogP contribution in [0.3, 0.4) is 0 Å². The summed E-state index contributed by atoms with van der Waals surface area (Å²) in [5, 5.41) is 38.3. The average Bonchev–Trinajstić information content (AvgIpc) is 3.27. The van der Waals surface area contributed by atoms with Gasteiger partial charge in [-0.05, 0) is 77.7 Å². The molecule has 1 heterocycles. The fourth-order valence-corrected chi connectivity index (χ4v) is 11.7. The summed E-state index contributed by atoms with van der Waals surface area (Å²) in [6, 6.07) is 4.95. The van der Waals surface area contributed by atoms with Crippen LogP contribution in [-0.2, 0) is 85.1 Å². The highest BCUT2D eigenvalue weighted by Crippen LogP contribution is 2.49. The molecule has 45 heteroatoms. The third kappa shape index (κ3) is 14.1. The van der Waals surface area contributed by atoms with Gasteiger partial charge in [0.2, 0.25) is 17.2 Å². The van der Waals surface area contributed by atoms with E-state index in [1.807, 2.05) is 0 Å². The quantitative estimate of drug-likeness (QED) is 0.0240. The van der Waals surface area contributed by atoms with Crippen LogP contribution < -0.4 is 16.4 Å². The van der Waals surface area contributed by atoms with E-state index in [0.717, 1.165) is 6.07 Å². The van der Waals surface area contributed by atoms with Crippen molar-refractivity contribution in [1.29, 1.82) is 0 Å². The molecule has 36 nitrogen and oxygen atoms in total. The summed E-state index contributed by atoms with van der Waals surface area (Å²) in [5.74, 6) is -5.54. The van der Waals surface area contributed by atoms with E-state index in [-0.39, 0.29) is 11.8 Å². The van der Waals surface area contributed by atoms with Gasteiger partial charge in [0.15, 0.2) is 21.3 Å². The minimum absolute atomic E-state index is 0.265. The Balaban J connectivity index is 1.47. The smallest absolute Gasteiger partial charge is 0.397 e. The predicted molar refractivity (Wildman–Crippen MR) is 259 cm³/mol.